The number of para-hydroxylation sites is 1. The number of hydrogen-bond donors (Lipinski definition) is 1. The summed E-state index contributed by atoms with van der Waals surface area (Å²) in [6, 6.07) is 8.66. The minimum Gasteiger partial charge on any atom is -0.496 e. The first-order chi connectivity index (χ1) is 8.71. The Bertz CT molecular complexity index is 341. The Morgan fingerprint density at radius 1 is 1.22 bits per heavy atom. The number of likely N-dealkylation sites (N-methyl/N-ethyl adjacent to an activating group) is 1. The van der Waals surface area contributed by atoms with Gasteiger partial charge in [-0.1, -0.05) is 25.1 Å². The summed E-state index contributed by atoms with van der Waals surface area (Å²) in [6.45, 7) is 3.03. The molecule has 1 aromatic carbocycles. The summed E-state index contributed by atoms with van der Waals surface area (Å²) < 4.78 is 10.6. The summed E-state index contributed by atoms with van der Waals surface area (Å²) in [5, 5.41) is 3.38. The fourth-order valence-electron chi connectivity index (χ4n) is 2.28. The zero-order chi connectivity index (χ0) is 13.4. The summed E-state index contributed by atoms with van der Waals surface area (Å²) in [4.78, 5) is 0. The van der Waals surface area contributed by atoms with Crippen LogP contribution in [0.1, 0.15) is 18.9 Å². The Hall–Kier alpha value is -1.06. The Morgan fingerprint density at radius 2 is 1.94 bits per heavy atom. The highest BCUT2D eigenvalue weighted by Gasteiger charge is 2.14. The summed E-state index contributed by atoms with van der Waals surface area (Å²) in [6.07, 6.45) is 2.08. The third-order valence-electron chi connectivity index (χ3n) is 3.21. The molecule has 2 atom stereocenters. The number of ether oxygens (including phenoxy) is 2. The van der Waals surface area contributed by atoms with E-state index in [0.717, 1.165) is 25.2 Å². The van der Waals surface area contributed by atoms with E-state index >= 15 is 0 Å². The Kier molecular flexibility index (Phi) is 6.76. The number of hydrogen-bond acceptors (Lipinski definition) is 3. The van der Waals surface area contributed by atoms with E-state index in [0.29, 0.717) is 12.0 Å². The highest BCUT2D eigenvalue weighted by Crippen LogP contribution is 2.20. The summed E-state index contributed by atoms with van der Waals surface area (Å²) in [5.41, 5.74) is 1.25. The molecular formula is C15H25NO2. The number of nitrogens with one attached hydrogen (secondary N) is 1. The molecular weight excluding hydrogens is 226 g/mol. The highest BCUT2D eigenvalue weighted by molar-refractivity contribution is 5.33. The quantitative estimate of drug-likeness (QED) is 0.770. The van der Waals surface area contributed by atoms with Crippen molar-refractivity contribution in [1.29, 1.82) is 0 Å². The lowest BCUT2D eigenvalue weighted by Gasteiger charge is -2.21. The molecule has 0 spiro atoms. The van der Waals surface area contributed by atoms with Crippen LogP contribution in [0.4, 0.5) is 0 Å². The average molecular weight is 251 g/mol. The van der Waals surface area contributed by atoms with Gasteiger partial charge in [-0.25, -0.2) is 0 Å². The van der Waals surface area contributed by atoms with Crippen molar-refractivity contribution in [3.05, 3.63) is 29.8 Å². The van der Waals surface area contributed by atoms with Crippen LogP contribution in [0.3, 0.4) is 0 Å². The van der Waals surface area contributed by atoms with Crippen molar-refractivity contribution in [2.75, 3.05) is 27.9 Å². The zero-order valence-electron chi connectivity index (χ0n) is 11.9. The van der Waals surface area contributed by atoms with Crippen LogP contribution in [-0.2, 0) is 11.2 Å². The summed E-state index contributed by atoms with van der Waals surface area (Å²) in [5.74, 6) is 1.53. The maximum Gasteiger partial charge on any atom is 0.122 e. The van der Waals surface area contributed by atoms with Gasteiger partial charge in [0.1, 0.15) is 5.75 Å². The highest BCUT2D eigenvalue weighted by atomic mass is 16.5. The van der Waals surface area contributed by atoms with Crippen molar-refractivity contribution < 1.29 is 9.47 Å². The summed E-state index contributed by atoms with van der Waals surface area (Å²) >= 11 is 0. The monoisotopic (exact) mass is 251 g/mol. The molecule has 0 saturated carbocycles. The molecule has 0 aliphatic carbocycles. The minimum atomic E-state index is 0.450. The molecule has 18 heavy (non-hydrogen) atoms. The van der Waals surface area contributed by atoms with Gasteiger partial charge < -0.3 is 14.8 Å². The molecule has 102 valence electrons. The SMILES string of the molecule is CNC(Cc1ccccc1OC)CC(C)COC. The second-order valence-electron chi connectivity index (χ2n) is 4.80. The Morgan fingerprint density at radius 3 is 2.56 bits per heavy atom. The van der Waals surface area contributed by atoms with E-state index in [1.165, 1.54) is 5.56 Å². The molecule has 0 saturated heterocycles. The van der Waals surface area contributed by atoms with Gasteiger partial charge in [0.25, 0.3) is 0 Å². The Balaban J connectivity index is 2.61. The van der Waals surface area contributed by atoms with Gasteiger partial charge in [0.15, 0.2) is 0 Å². The van der Waals surface area contributed by atoms with E-state index in [1.54, 1.807) is 14.2 Å². The normalized spacial score (nSPS) is 14.2. The molecule has 0 heterocycles. The van der Waals surface area contributed by atoms with E-state index < -0.39 is 0 Å². The van der Waals surface area contributed by atoms with E-state index in [9.17, 15) is 0 Å². The fraction of sp³-hybridized carbons (Fsp3) is 0.600. The Labute approximate surface area is 110 Å². The van der Waals surface area contributed by atoms with E-state index in [-0.39, 0.29) is 0 Å². The first-order valence-electron chi connectivity index (χ1n) is 6.49. The number of benzene rings is 1. The molecule has 0 bridgehead atoms. The van der Waals surface area contributed by atoms with Gasteiger partial charge in [-0.05, 0) is 37.4 Å². The third kappa shape index (κ3) is 4.67. The molecule has 0 fully saturated rings. The number of rotatable bonds is 8. The van der Waals surface area contributed by atoms with Crippen molar-refractivity contribution in [3.63, 3.8) is 0 Å². The molecule has 1 N–H and O–H groups in total. The van der Waals surface area contributed by atoms with Gasteiger partial charge in [-0.15, -0.1) is 0 Å². The first kappa shape index (κ1) is 15.0. The molecule has 0 aliphatic rings. The van der Waals surface area contributed by atoms with Crippen LogP contribution in [0.15, 0.2) is 24.3 Å². The molecule has 3 heteroatoms. The van der Waals surface area contributed by atoms with Gasteiger partial charge in [-0.2, -0.15) is 0 Å². The van der Waals surface area contributed by atoms with Crippen molar-refractivity contribution in [2.24, 2.45) is 5.92 Å². The lowest BCUT2D eigenvalue weighted by atomic mass is 9.96. The van der Waals surface area contributed by atoms with Crippen LogP contribution < -0.4 is 10.1 Å². The second kappa shape index (κ2) is 8.11. The maximum atomic E-state index is 5.39. The first-order valence-corrected chi connectivity index (χ1v) is 6.49. The second-order valence-corrected chi connectivity index (χ2v) is 4.80. The molecule has 0 aliphatic heterocycles. The predicted molar refractivity (Wildman–Crippen MR) is 75.2 cm³/mol. The minimum absolute atomic E-state index is 0.450. The maximum absolute atomic E-state index is 5.39. The topological polar surface area (TPSA) is 30.5 Å². The van der Waals surface area contributed by atoms with Gasteiger partial charge in [0.05, 0.1) is 7.11 Å². The molecule has 3 nitrogen and oxygen atoms in total. The smallest absolute Gasteiger partial charge is 0.122 e. The largest absolute Gasteiger partial charge is 0.496 e. The fourth-order valence-corrected chi connectivity index (χ4v) is 2.28. The lowest BCUT2D eigenvalue weighted by molar-refractivity contribution is 0.150. The van der Waals surface area contributed by atoms with Crippen LogP contribution in [0.5, 0.6) is 5.75 Å². The van der Waals surface area contributed by atoms with Crippen LogP contribution in [0.25, 0.3) is 0 Å². The molecule has 0 aromatic heterocycles. The van der Waals surface area contributed by atoms with Gasteiger partial charge >= 0.3 is 0 Å². The van der Waals surface area contributed by atoms with E-state index in [4.69, 9.17) is 9.47 Å². The molecule has 1 rings (SSSR count). The van der Waals surface area contributed by atoms with Crippen molar-refractivity contribution in [1.82, 2.24) is 5.32 Å². The van der Waals surface area contributed by atoms with Gasteiger partial charge in [0, 0.05) is 19.8 Å². The molecule has 0 radical (unpaired) electrons. The van der Waals surface area contributed by atoms with Crippen LogP contribution in [0.2, 0.25) is 0 Å². The van der Waals surface area contributed by atoms with Crippen LogP contribution in [-0.4, -0.2) is 33.9 Å². The standard InChI is InChI=1S/C15H25NO2/c1-12(11-17-3)9-14(16-2)10-13-7-5-6-8-15(13)18-4/h5-8,12,14,16H,9-11H2,1-4H3. The van der Waals surface area contributed by atoms with E-state index in [2.05, 4.69) is 24.4 Å². The van der Waals surface area contributed by atoms with Gasteiger partial charge in [-0.3, -0.25) is 0 Å². The lowest BCUT2D eigenvalue weighted by Crippen LogP contribution is -2.30. The van der Waals surface area contributed by atoms with Crippen molar-refractivity contribution in [3.8, 4) is 5.75 Å². The molecule has 2 unspecified atom stereocenters. The van der Waals surface area contributed by atoms with Crippen LogP contribution >= 0.6 is 0 Å². The predicted octanol–water partition coefficient (Wildman–Crippen LogP) is 2.50. The van der Waals surface area contributed by atoms with Crippen LogP contribution in [0, 0.1) is 5.92 Å². The van der Waals surface area contributed by atoms with Crippen molar-refractivity contribution in [2.45, 2.75) is 25.8 Å². The summed E-state index contributed by atoms with van der Waals surface area (Å²) in [7, 11) is 5.49. The van der Waals surface area contributed by atoms with Crippen molar-refractivity contribution >= 4 is 0 Å². The number of methoxy groups -OCH3 is 2. The zero-order valence-corrected chi connectivity index (χ0v) is 11.9. The molecule has 1 aromatic rings. The van der Waals surface area contributed by atoms with E-state index in [1.807, 2.05) is 19.2 Å². The third-order valence-corrected chi connectivity index (χ3v) is 3.21. The van der Waals surface area contributed by atoms with Gasteiger partial charge in [0.2, 0.25) is 0 Å². The molecule has 0 amide bonds. The average Bonchev–Trinajstić information content (AvgIpc) is 2.38.